The molecule has 0 aliphatic rings. The second-order valence-corrected chi connectivity index (χ2v) is 3.32. The van der Waals surface area contributed by atoms with Crippen LogP contribution in [-0.2, 0) is 0 Å². The fourth-order valence-corrected chi connectivity index (χ4v) is 1.24. The molecule has 0 saturated carbocycles. The Labute approximate surface area is 95.8 Å². The second-order valence-electron chi connectivity index (χ2n) is 3.32. The van der Waals surface area contributed by atoms with Gasteiger partial charge in [0.15, 0.2) is 11.6 Å². The molecular weight excluding hydrogens is 228 g/mol. The summed E-state index contributed by atoms with van der Waals surface area (Å²) >= 11 is 0. The van der Waals surface area contributed by atoms with Gasteiger partial charge in [0.25, 0.3) is 0 Å². The number of hydrogen-bond acceptors (Lipinski definition) is 4. The molecule has 4 N–H and O–H groups in total. The largest absolute Gasteiger partial charge is 0.454 e. The van der Waals surface area contributed by atoms with Gasteiger partial charge in [0.2, 0.25) is 0 Å². The highest BCUT2D eigenvalue weighted by atomic mass is 19.1. The summed E-state index contributed by atoms with van der Waals surface area (Å²) in [5, 5.41) is 0. The Morgan fingerprint density at radius 3 is 2.53 bits per heavy atom. The van der Waals surface area contributed by atoms with Crippen LogP contribution in [-0.4, -0.2) is 4.98 Å². The molecule has 0 atom stereocenters. The van der Waals surface area contributed by atoms with Gasteiger partial charge in [-0.05, 0) is 6.07 Å². The van der Waals surface area contributed by atoms with Crippen molar-refractivity contribution < 1.29 is 13.5 Å². The molecule has 88 valence electrons. The average molecular weight is 237 g/mol. The first-order valence-electron chi connectivity index (χ1n) is 4.70. The normalized spacial score (nSPS) is 10.2. The molecule has 0 amide bonds. The van der Waals surface area contributed by atoms with Crippen molar-refractivity contribution in [1.82, 2.24) is 4.98 Å². The van der Waals surface area contributed by atoms with Crippen LogP contribution in [0.3, 0.4) is 0 Å². The van der Waals surface area contributed by atoms with Crippen molar-refractivity contribution in [1.29, 1.82) is 0 Å². The van der Waals surface area contributed by atoms with Crippen LogP contribution < -0.4 is 16.2 Å². The van der Waals surface area contributed by atoms with Gasteiger partial charge in [0.1, 0.15) is 17.4 Å². The Morgan fingerprint density at radius 1 is 1.06 bits per heavy atom. The van der Waals surface area contributed by atoms with E-state index in [9.17, 15) is 8.78 Å². The van der Waals surface area contributed by atoms with Crippen molar-refractivity contribution in [3.05, 3.63) is 42.1 Å². The summed E-state index contributed by atoms with van der Waals surface area (Å²) in [6.07, 6.45) is 1.40. The Balaban J connectivity index is 2.33. The minimum absolute atomic E-state index is 0.221. The number of ether oxygens (including phenoxy) is 1. The van der Waals surface area contributed by atoms with E-state index in [0.717, 1.165) is 12.1 Å². The van der Waals surface area contributed by atoms with E-state index in [1.165, 1.54) is 18.3 Å². The molecule has 17 heavy (non-hydrogen) atoms. The summed E-state index contributed by atoms with van der Waals surface area (Å²) < 4.78 is 31.7. The number of rotatable bonds is 2. The lowest BCUT2D eigenvalue weighted by Crippen LogP contribution is -1.96. The van der Waals surface area contributed by atoms with E-state index >= 15 is 0 Å². The standard InChI is InChI=1S/C11H9F2N3O/c12-7-5-10(8(13)4-9(7)14)17-6-1-2-16-11(15)3-6/h1-5H,14H2,(H2,15,16). The van der Waals surface area contributed by atoms with Crippen LogP contribution in [0.25, 0.3) is 0 Å². The fourth-order valence-electron chi connectivity index (χ4n) is 1.24. The maximum absolute atomic E-state index is 13.4. The Kier molecular flexibility index (Phi) is 2.78. The van der Waals surface area contributed by atoms with Gasteiger partial charge < -0.3 is 16.2 Å². The smallest absolute Gasteiger partial charge is 0.167 e. The topological polar surface area (TPSA) is 74.2 Å². The van der Waals surface area contributed by atoms with Gasteiger partial charge in [0.05, 0.1) is 5.69 Å². The molecule has 1 aromatic heterocycles. The SMILES string of the molecule is Nc1cc(Oc2cc(F)c(N)cc2F)ccn1. The molecule has 1 heterocycles. The van der Waals surface area contributed by atoms with Crippen molar-refractivity contribution in [2.24, 2.45) is 0 Å². The first kappa shape index (κ1) is 11.1. The van der Waals surface area contributed by atoms with Crippen LogP contribution in [0.5, 0.6) is 11.5 Å². The van der Waals surface area contributed by atoms with Crippen molar-refractivity contribution in [2.45, 2.75) is 0 Å². The number of nitrogen functional groups attached to an aromatic ring is 2. The molecule has 4 nitrogen and oxygen atoms in total. The summed E-state index contributed by atoms with van der Waals surface area (Å²) in [5.74, 6) is -1.27. The van der Waals surface area contributed by atoms with Gasteiger partial charge in [-0.3, -0.25) is 0 Å². The van der Waals surface area contributed by atoms with Gasteiger partial charge in [0, 0.05) is 24.4 Å². The highest BCUT2D eigenvalue weighted by Gasteiger charge is 2.10. The maximum atomic E-state index is 13.4. The number of halogens is 2. The molecule has 2 aromatic rings. The maximum Gasteiger partial charge on any atom is 0.167 e. The van der Waals surface area contributed by atoms with Gasteiger partial charge in [-0.25, -0.2) is 13.8 Å². The van der Waals surface area contributed by atoms with Crippen LogP contribution in [0.4, 0.5) is 20.3 Å². The molecule has 0 aliphatic heterocycles. The summed E-state index contributed by atoms with van der Waals surface area (Å²) in [5.41, 5.74) is 10.4. The lowest BCUT2D eigenvalue weighted by molar-refractivity contribution is 0.437. The van der Waals surface area contributed by atoms with Gasteiger partial charge >= 0.3 is 0 Å². The van der Waals surface area contributed by atoms with Crippen LogP contribution in [0, 0.1) is 11.6 Å². The molecular formula is C11H9F2N3O. The van der Waals surface area contributed by atoms with E-state index in [1.54, 1.807) is 0 Å². The number of anilines is 2. The van der Waals surface area contributed by atoms with Crippen molar-refractivity contribution >= 4 is 11.5 Å². The Bertz CT molecular complexity index is 560. The Hall–Kier alpha value is -2.37. The predicted molar refractivity (Wildman–Crippen MR) is 59.5 cm³/mol. The number of aromatic nitrogens is 1. The molecule has 0 radical (unpaired) electrons. The summed E-state index contributed by atoms with van der Waals surface area (Å²) in [6, 6.07) is 4.61. The highest BCUT2D eigenvalue weighted by Crippen LogP contribution is 2.28. The van der Waals surface area contributed by atoms with E-state index in [4.69, 9.17) is 16.2 Å². The van der Waals surface area contributed by atoms with Crippen molar-refractivity contribution in [3.63, 3.8) is 0 Å². The highest BCUT2D eigenvalue weighted by molar-refractivity contribution is 5.46. The zero-order valence-corrected chi connectivity index (χ0v) is 8.65. The lowest BCUT2D eigenvalue weighted by atomic mass is 10.3. The summed E-state index contributed by atoms with van der Waals surface area (Å²) in [4.78, 5) is 3.75. The zero-order valence-electron chi connectivity index (χ0n) is 8.65. The van der Waals surface area contributed by atoms with Gasteiger partial charge in [-0.2, -0.15) is 0 Å². The minimum Gasteiger partial charge on any atom is -0.454 e. The van der Waals surface area contributed by atoms with Gasteiger partial charge in [-0.15, -0.1) is 0 Å². The molecule has 1 aromatic carbocycles. The number of nitrogens with two attached hydrogens (primary N) is 2. The van der Waals surface area contributed by atoms with Crippen molar-refractivity contribution in [3.8, 4) is 11.5 Å². The van der Waals surface area contributed by atoms with E-state index in [-0.39, 0.29) is 23.0 Å². The summed E-state index contributed by atoms with van der Waals surface area (Å²) in [7, 11) is 0. The van der Waals surface area contributed by atoms with Crippen molar-refractivity contribution in [2.75, 3.05) is 11.5 Å². The zero-order chi connectivity index (χ0) is 12.4. The second kappa shape index (κ2) is 4.25. The van der Waals surface area contributed by atoms with E-state index < -0.39 is 11.6 Å². The third-order valence-corrected chi connectivity index (χ3v) is 2.03. The number of nitrogens with zero attached hydrogens (tertiary/aromatic N) is 1. The molecule has 0 aliphatic carbocycles. The predicted octanol–water partition coefficient (Wildman–Crippen LogP) is 2.32. The molecule has 0 fully saturated rings. The minimum atomic E-state index is -0.751. The van der Waals surface area contributed by atoms with E-state index in [0.29, 0.717) is 0 Å². The summed E-state index contributed by atoms with van der Waals surface area (Å²) in [6.45, 7) is 0. The molecule has 6 heteroatoms. The Morgan fingerprint density at radius 2 is 1.82 bits per heavy atom. The first-order chi connectivity index (χ1) is 8.06. The lowest BCUT2D eigenvalue weighted by Gasteiger charge is -2.08. The number of benzene rings is 1. The monoisotopic (exact) mass is 237 g/mol. The fraction of sp³-hybridized carbons (Fsp3) is 0. The number of hydrogen-bond donors (Lipinski definition) is 2. The van der Waals surface area contributed by atoms with Crippen LogP contribution in [0.1, 0.15) is 0 Å². The first-order valence-corrected chi connectivity index (χ1v) is 4.70. The third-order valence-electron chi connectivity index (χ3n) is 2.03. The van der Waals surface area contributed by atoms with Crippen LogP contribution >= 0.6 is 0 Å². The van der Waals surface area contributed by atoms with Crippen LogP contribution in [0.15, 0.2) is 30.5 Å². The van der Waals surface area contributed by atoms with Crippen LogP contribution in [0.2, 0.25) is 0 Å². The molecule has 0 spiro atoms. The quantitative estimate of drug-likeness (QED) is 0.786. The molecule has 2 rings (SSSR count). The molecule has 0 bridgehead atoms. The average Bonchev–Trinajstić information content (AvgIpc) is 2.26. The molecule has 0 unspecified atom stereocenters. The third kappa shape index (κ3) is 2.41. The number of pyridine rings is 1. The van der Waals surface area contributed by atoms with Gasteiger partial charge in [-0.1, -0.05) is 0 Å². The van der Waals surface area contributed by atoms with E-state index in [2.05, 4.69) is 4.98 Å². The molecule has 0 saturated heterocycles. The van der Waals surface area contributed by atoms with E-state index in [1.807, 2.05) is 0 Å².